The Labute approximate surface area is 199 Å². The predicted molar refractivity (Wildman–Crippen MR) is 131 cm³/mol. The van der Waals surface area contributed by atoms with Crippen molar-refractivity contribution in [3.05, 3.63) is 29.7 Å². The molecule has 2 heterocycles. The number of hydrogen-bond donors (Lipinski definition) is 3. The highest BCUT2D eigenvalue weighted by Gasteiger charge is 2.34. The minimum atomic E-state index is -2.74. The third-order valence-electron chi connectivity index (χ3n) is 5.85. The number of benzene rings is 1. The molecule has 11 heteroatoms. The van der Waals surface area contributed by atoms with Gasteiger partial charge in [-0.25, -0.2) is 4.39 Å². The smallest absolute Gasteiger partial charge is 0.273 e. The lowest BCUT2D eigenvalue weighted by molar-refractivity contribution is -0.125. The molecule has 0 spiro atoms. The van der Waals surface area contributed by atoms with E-state index in [1.165, 1.54) is 18.2 Å². The van der Waals surface area contributed by atoms with E-state index in [0.717, 1.165) is 12.8 Å². The molecule has 1 aromatic heterocycles. The normalized spacial score (nSPS) is 17.8. The van der Waals surface area contributed by atoms with E-state index in [-0.39, 0.29) is 18.0 Å². The summed E-state index contributed by atoms with van der Waals surface area (Å²) in [7, 11) is -2.74. The molecule has 3 rings (SSSR count). The number of nitrogens with one attached hydrogen (secondary N) is 2. The van der Waals surface area contributed by atoms with Crippen LogP contribution in [0, 0.1) is 17.2 Å². The number of rotatable bonds is 8. The van der Waals surface area contributed by atoms with Crippen LogP contribution in [0.2, 0.25) is 0 Å². The Bertz CT molecular complexity index is 1150. The molecule has 0 radical (unpaired) electrons. The Hall–Kier alpha value is -2.50. The van der Waals surface area contributed by atoms with E-state index in [1.54, 1.807) is 4.68 Å². The molecular weight excluding hydrogens is 461 g/mol. The maximum absolute atomic E-state index is 14.0. The summed E-state index contributed by atoms with van der Waals surface area (Å²) in [4.78, 5) is 26.1. The van der Waals surface area contributed by atoms with Crippen LogP contribution in [0.25, 0.3) is 10.9 Å². The van der Waals surface area contributed by atoms with Crippen molar-refractivity contribution >= 4 is 38.3 Å². The average Bonchev–Trinajstić information content (AvgIpc) is 3.08. The Morgan fingerprint density at radius 1 is 1.35 bits per heavy atom. The quantitative estimate of drug-likeness (QED) is 0.478. The van der Waals surface area contributed by atoms with Gasteiger partial charge in [-0.15, -0.1) is 0 Å². The Balaban J connectivity index is 1.84. The fourth-order valence-electron chi connectivity index (χ4n) is 3.95. The number of carbonyl (C=O) groups excluding carboxylic acids is 2. The summed E-state index contributed by atoms with van der Waals surface area (Å²) in [5, 5.41) is 15.9. The van der Waals surface area contributed by atoms with Crippen LogP contribution in [-0.2, 0) is 25.8 Å². The third-order valence-corrected chi connectivity index (χ3v) is 6.75. The van der Waals surface area contributed by atoms with Crippen LogP contribution in [0.1, 0.15) is 44.1 Å². The highest BCUT2D eigenvalue weighted by Crippen LogP contribution is 2.25. The van der Waals surface area contributed by atoms with Gasteiger partial charge in [0.1, 0.15) is 11.9 Å². The van der Waals surface area contributed by atoms with Gasteiger partial charge in [-0.2, -0.15) is 5.10 Å². The van der Waals surface area contributed by atoms with Gasteiger partial charge in [0.05, 0.1) is 5.52 Å². The minimum absolute atomic E-state index is 0.0242. The maximum atomic E-state index is 14.0. The molecule has 2 unspecified atom stereocenters. The van der Waals surface area contributed by atoms with Crippen molar-refractivity contribution in [3.8, 4) is 0 Å². The zero-order valence-corrected chi connectivity index (χ0v) is 20.8. The molecule has 34 heavy (non-hydrogen) atoms. The number of amides is 2. The number of halogens is 1. The second kappa shape index (κ2) is 10.4. The van der Waals surface area contributed by atoms with Gasteiger partial charge in [-0.05, 0) is 48.2 Å². The lowest BCUT2D eigenvalue weighted by atomic mass is 9.86. The van der Waals surface area contributed by atoms with Crippen molar-refractivity contribution in [1.82, 2.24) is 20.4 Å². The van der Waals surface area contributed by atoms with E-state index in [1.807, 2.05) is 20.8 Å². The second-order valence-electron chi connectivity index (χ2n) is 9.88. The van der Waals surface area contributed by atoms with Gasteiger partial charge in [0, 0.05) is 47.2 Å². The number of hydrogen-bond acceptors (Lipinski definition) is 5. The van der Waals surface area contributed by atoms with Crippen molar-refractivity contribution in [2.45, 2.75) is 46.2 Å². The van der Waals surface area contributed by atoms with E-state index < -0.39 is 38.8 Å². The van der Waals surface area contributed by atoms with Crippen LogP contribution in [-0.4, -0.2) is 63.2 Å². The van der Waals surface area contributed by atoms with Gasteiger partial charge < -0.3 is 15.4 Å². The highest BCUT2D eigenvalue weighted by molar-refractivity contribution is 7.98. The number of ether oxygens (including phenoxy) is 1. The SMILES string of the molecule is C=S(N)(=O)CCNC(=O)C(NC(=O)c1nn(CC2CCOCC2)c2cc(F)ccc12)C(C)(C)C. The molecular formula is C23H34FN5O4S. The molecule has 0 aliphatic carbocycles. The number of nitrogens with zero attached hydrogens (tertiary/aromatic N) is 2. The summed E-state index contributed by atoms with van der Waals surface area (Å²) in [5.41, 5.74) is 0.0365. The first-order chi connectivity index (χ1) is 15.8. The lowest BCUT2D eigenvalue weighted by Crippen LogP contribution is -2.54. The zero-order chi connectivity index (χ0) is 25.1. The first-order valence-electron chi connectivity index (χ1n) is 11.3. The largest absolute Gasteiger partial charge is 0.381 e. The maximum Gasteiger partial charge on any atom is 0.273 e. The molecule has 4 N–H and O–H groups in total. The number of fused-ring (bicyclic) bond motifs is 1. The highest BCUT2D eigenvalue weighted by atomic mass is 32.2. The van der Waals surface area contributed by atoms with Crippen LogP contribution < -0.4 is 15.8 Å². The Morgan fingerprint density at radius 2 is 2.03 bits per heavy atom. The van der Waals surface area contributed by atoms with Crippen molar-refractivity contribution < 1.29 is 22.9 Å². The van der Waals surface area contributed by atoms with E-state index in [9.17, 15) is 18.2 Å². The molecule has 2 aromatic rings. The predicted octanol–water partition coefficient (Wildman–Crippen LogP) is 1.45. The summed E-state index contributed by atoms with van der Waals surface area (Å²) in [5.74, 6) is 2.33. The molecule has 2 amide bonds. The summed E-state index contributed by atoms with van der Waals surface area (Å²) < 4.78 is 32.7. The third kappa shape index (κ3) is 6.77. The molecule has 2 atom stereocenters. The van der Waals surface area contributed by atoms with Crippen molar-refractivity contribution in [2.75, 3.05) is 25.5 Å². The Kier molecular flexibility index (Phi) is 7.99. The molecule has 0 bridgehead atoms. The number of carbonyl (C=O) groups is 2. The van der Waals surface area contributed by atoms with Gasteiger partial charge in [-0.3, -0.25) is 23.6 Å². The fraction of sp³-hybridized carbons (Fsp3) is 0.565. The van der Waals surface area contributed by atoms with Crippen LogP contribution >= 0.6 is 0 Å². The van der Waals surface area contributed by atoms with Gasteiger partial charge in [0.25, 0.3) is 5.91 Å². The van der Waals surface area contributed by atoms with Crippen LogP contribution in [0.15, 0.2) is 18.2 Å². The Morgan fingerprint density at radius 3 is 2.65 bits per heavy atom. The van der Waals surface area contributed by atoms with Gasteiger partial charge in [-0.1, -0.05) is 20.8 Å². The first kappa shape index (κ1) is 26.1. The molecule has 1 aliphatic heterocycles. The van der Waals surface area contributed by atoms with Crippen LogP contribution in [0.3, 0.4) is 0 Å². The summed E-state index contributed by atoms with van der Waals surface area (Å²) in [6.45, 7) is 7.42. The summed E-state index contributed by atoms with van der Waals surface area (Å²) in [6.07, 6.45) is 1.74. The fourth-order valence-corrected chi connectivity index (χ4v) is 4.40. The number of aromatic nitrogens is 2. The zero-order valence-electron chi connectivity index (χ0n) is 19.9. The van der Waals surface area contributed by atoms with Crippen molar-refractivity contribution in [2.24, 2.45) is 16.5 Å². The van der Waals surface area contributed by atoms with Gasteiger partial charge in [0.2, 0.25) is 5.91 Å². The van der Waals surface area contributed by atoms with E-state index in [4.69, 9.17) is 9.88 Å². The topological polar surface area (TPSA) is 128 Å². The molecule has 9 nitrogen and oxygen atoms in total. The monoisotopic (exact) mass is 495 g/mol. The summed E-state index contributed by atoms with van der Waals surface area (Å²) >= 11 is 0. The van der Waals surface area contributed by atoms with Gasteiger partial charge in [0.15, 0.2) is 5.69 Å². The van der Waals surface area contributed by atoms with Crippen molar-refractivity contribution in [1.29, 1.82) is 0 Å². The van der Waals surface area contributed by atoms with E-state index in [0.29, 0.717) is 36.6 Å². The van der Waals surface area contributed by atoms with Crippen molar-refractivity contribution in [3.63, 3.8) is 0 Å². The van der Waals surface area contributed by atoms with E-state index >= 15 is 0 Å². The average molecular weight is 496 g/mol. The first-order valence-corrected chi connectivity index (χ1v) is 13.3. The summed E-state index contributed by atoms with van der Waals surface area (Å²) in [6, 6.07) is 3.30. The standard InChI is InChI=1S/C23H34FN5O4S/c1-23(2,3)20(22(31)26-9-12-34(4,25)32)27-21(30)19-17-6-5-16(24)13-18(17)29(28-19)14-15-7-10-33-11-8-15/h5-6,13,15,20H,4,7-12,14H2,1-3H3,(H2,25,32)(H,26,31)(H,27,30). The van der Waals surface area contributed by atoms with E-state index in [2.05, 4.69) is 21.6 Å². The molecule has 1 fully saturated rings. The molecule has 0 saturated carbocycles. The molecule has 188 valence electrons. The lowest BCUT2D eigenvalue weighted by Gasteiger charge is -2.30. The number of nitrogens with two attached hydrogens (primary N) is 1. The molecule has 1 aliphatic rings. The minimum Gasteiger partial charge on any atom is -0.381 e. The molecule has 1 aromatic carbocycles. The van der Waals surface area contributed by atoms with Gasteiger partial charge >= 0.3 is 0 Å². The molecule has 1 saturated heterocycles. The second-order valence-corrected chi connectivity index (χ2v) is 12.0. The van der Waals surface area contributed by atoms with Crippen LogP contribution in [0.4, 0.5) is 4.39 Å². The van der Waals surface area contributed by atoms with Crippen LogP contribution in [0.5, 0.6) is 0 Å².